The Bertz CT molecular complexity index is 567. The van der Waals surface area contributed by atoms with Crippen molar-refractivity contribution in [1.82, 2.24) is 5.06 Å². The molecule has 1 aliphatic carbocycles. The molecule has 0 radical (unpaired) electrons. The lowest BCUT2D eigenvalue weighted by Gasteiger charge is -2.15. The van der Waals surface area contributed by atoms with Crippen LogP contribution in [0.25, 0.3) is 0 Å². The van der Waals surface area contributed by atoms with E-state index in [1.54, 1.807) is 0 Å². The van der Waals surface area contributed by atoms with Gasteiger partial charge in [0, 0.05) is 18.3 Å². The van der Waals surface area contributed by atoms with Crippen LogP contribution >= 0.6 is 0 Å². The third kappa shape index (κ3) is 1.99. The Morgan fingerprint density at radius 1 is 1.20 bits per heavy atom. The van der Waals surface area contributed by atoms with Crippen LogP contribution in [0.2, 0.25) is 0 Å². The zero-order valence-electron chi connectivity index (χ0n) is 11.2. The molecule has 1 aromatic carbocycles. The Morgan fingerprint density at radius 2 is 1.80 bits per heavy atom. The first-order chi connectivity index (χ1) is 9.52. The van der Waals surface area contributed by atoms with E-state index in [0.29, 0.717) is 11.5 Å². The van der Waals surface area contributed by atoms with E-state index in [9.17, 15) is 14.4 Å². The van der Waals surface area contributed by atoms with Gasteiger partial charge >= 0.3 is 5.97 Å². The molecule has 5 heteroatoms. The molecule has 3 rings (SSSR count). The topological polar surface area (TPSA) is 63.7 Å². The highest BCUT2D eigenvalue weighted by Gasteiger charge is 2.57. The van der Waals surface area contributed by atoms with Crippen LogP contribution in [-0.2, 0) is 24.6 Å². The first-order valence-electron chi connectivity index (χ1n) is 6.65. The fourth-order valence-corrected chi connectivity index (χ4v) is 2.66. The highest BCUT2D eigenvalue weighted by Crippen LogP contribution is 2.54. The van der Waals surface area contributed by atoms with Gasteiger partial charge in [-0.2, -0.15) is 0 Å². The highest BCUT2D eigenvalue weighted by molar-refractivity contribution is 6.01. The maximum atomic E-state index is 12.1. The van der Waals surface area contributed by atoms with Crippen LogP contribution in [0.1, 0.15) is 31.7 Å². The number of carbonyl (C=O) groups is 3. The molecule has 104 valence electrons. The van der Waals surface area contributed by atoms with Gasteiger partial charge in [-0.3, -0.25) is 9.59 Å². The Labute approximate surface area is 116 Å². The Morgan fingerprint density at radius 3 is 2.40 bits per heavy atom. The van der Waals surface area contributed by atoms with E-state index >= 15 is 0 Å². The molecule has 2 aliphatic rings. The average molecular weight is 273 g/mol. The summed E-state index contributed by atoms with van der Waals surface area (Å²) in [6.45, 7) is 1.99. The Balaban J connectivity index is 1.69. The largest absolute Gasteiger partial charge is 0.337 e. The Kier molecular flexibility index (Phi) is 2.85. The number of hydrogen-bond acceptors (Lipinski definition) is 4. The summed E-state index contributed by atoms with van der Waals surface area (Å²) >= 11 is 0. The number of rotatable bonds is 3. The van der Waals surface area contributed by atoms with Crippen molar-refractivity contribution in [3.63, 3.8) is 0 Å². The first-order valence-corrected chi connectivity index (χ1v) is 6.65. The van der Waals surface area contributed by atoms with Crippen molar-refractivity contribution in [3.05, 3.63) is 35.9 Å². The van der Waals surface area contributed by atoms with E-state index in [1.807, 2.05) is 37.3 Å². The van der Waals surface area contributed by atoms with Gasteiger partial charge in [-0.25, -0.2) is 4.79 Å². The third-order valence-corrected chi connectivity index (χ3v) is 4.14. The maximum absolute atomic E-state index is 12.1. The molecule has 1 aliphatic heterocycles. The van der Waals surface area contributed by atoms with Gasteiger partial charge in [0.15, 0.2) is 0 Å². The van der Waals surface area contributed by atoms with Gasteiger partial charge in [0.2, 0.25) is 0 Å². The second-order valence-corrected chi connectivity index (χ2v) is 5.53. The molecule has 0 bridgehead atoms. The van der Waals surface area contributed by atoms with Crippen molar-refractivity contribution in [2.24, 2.45) is 5.92 Å². The van der Waals surface area contributed by atoms with Crippen LogP contribution < -0.4 is 0 Å². The minimum atomic E-state index is -0.500. The number of amides is 2. The molecular formula is C15H15NO4. The molecular weight excluding hydrogens is 258 g/mol. The quantitative estimate of drug-likeness (QED) is 0.784. The third-order valence-electron chi connectivity index (χ3n) is 4.14. The molecule has 0 unspecified atom stereocenters. The van der Waals surface area contributed by atoms with E-state index in [0.717, 1.165) is 5.56 Å². The maximum Gasteiger partial charge on any atom is 0.337 e. The number of nitrogens with zero attached hydrogens (tertiary/aromatic N) is 1. The molecule has 5 nitrogen and oxygen atoms in total. The minimum Gasteiger partial charge on any atom is -0.330 e. The first kappa shape index (κ1) is 12.8. The summed E-state index contributed by atoms with van der Waals surface area (Å²) < 4.78 is 0. The monoisotopic (exact) mass is 273 g/mol. The van der Waals surface area contributed by atoms with Crippen molar-refractivity contribution in [2.45, 2.75) is 31.6 Å². The number of carbonyl (C=O) groups excluding carboxylic acids is 3. The van der Waals surface area contributed by atoms with Crippen LogP contribution in [0.4, 0.5) is 0 Å². The van der Waals surface area contributed by atoms with Gasteiger partial charge in [0.05, 0.1) is 5.92 Å². The molecule has 2 atom stereocenters. The molecule has 0 aromatic heterocycles. The predicted molar refractivity (Wildman–Crippen MR) is 69.1 cm³/mol. The summed E-state index contributed by atoms with van der Waals surface area (Å²) in [6, 6.07) is 9.71. The molecule has 1 saturated carbocycles. The minimum absolute atomic E-state index is 0.118. The number of hydroxylamine groups is 2. The van der Waals surface area contributed by atoms with Crippen molar-refractivity contribution >= 4 is 17.8 Å². The van der Waals surface area contributed by atoms with Crippen molar-refractivity contribution < 1.29 is 19.2 Å². The second-order valence-electron chi connectivity index (χ2n) is 5.53. The fourth-order valence-electron chi connectivity index (χ4n) is 2.66. The molecule has 0 N–H and O–H groups in total. The number of imide groups is 1. The standard InChI is InChI=1S/C15H15NO4/c1-15(10-5-3-2-4-6-10)9-11(15)14(19)20-16-12(17)7-8-13(16)18/h2-6,11H,7-9H2,1H3/t11-,15-/m0/s1. The van der Waals surface area contributed by atoms with Gasteiger partial charge in [0.25, 0.3) is 11.8 Å². The van der Waals surface area contributed by atoms with Gasteiger partial charge in [-0.05, 0) is 12.0 Å². The van der Waals surface area contributed by atoms with Crippen LogP contribution in [0.5, 0.6) is 0 Å². The van der Waals surface area contributed by atoms with Crippen molar-refractivity contribution in [1.29, 1.82) is 0 Å². The summed E-state index contributed by atoms with van der Waals surface area (Å²) in [6.07, 6.45) is 0.908. The van der Waals surface area contributed by atoms with E-state index in [4.69, 9.17) is 4.84 Å². The van der Waals surface area contributed by atoms with Crippen LogP contribution in [0, 0.1) is 5.92 Å². The second kappa shape index (κ2) is 4.44. The predicted octanol–water partition coefficient (Wildman–Crippen LogP) is 1.57. The van der Waals surface area contributed by atoms with Crippen LogP contribution in [0.15, 0.2) is 30.3 Å². The smallest absolute Gasteiger partial charge is 0.330 e. The summed E-state index contributed by atoms with van der Waals surface area (Å²) in [4.78, 5) is 39.9. The number of benzene rings is 1. The van der Waals surface area contributed by atoms with E-state index in [2.05, 4.69) is 0 Å². The molecule has 1 saturated heterocycles. The molecule has 2 fully saturated rings. The molecule has 20 heavy (non-hydrogen) atoms. The summed E-state index contributed by atoms with van der Waals surface area (Å²) in [5, 5.41) is 0.617. The van der Waals surface area contributed by atoms with Gasteiger partial charge in [-0.1, -0.05) is 37.3 Å². The lowest BCUT2D eigenvalue weighted by Crippen LogP contribution is -2.33. The zero-order chi connectivity index (χ0) is 14.3. The van der Waals surface area contributed by atoms with Crippen molar-refractivity contribution in [2.75, 3.05) is 0 Å². The average Bonchev–Trinajstić information content (AvgIpc) is 3.07. The lowest BCUT2D eigenvalue weighted by molar-refractivity contribution is -0.198. The normalized spacial score (nSPS) is 28.6. The summed E-state index contributed by atoms with van der Waals surface area (Å²) in [5.41, 5.74) is 0.811. The zero-order valence-corrected chi connectivity index (χ0v) is 11.2. The highest BCUT2D eigenvalue weighted by atomic mass is 16.7. The van der Waals surface area contributed by atoms with Crippen LogP contribution in [-0.4, -0.2) is 22.8 Å². The lowest BCUT2D eigenvalue weighted by atomic mass is 9.96. The molecule has 2 amide bonds. The van der Waals surface area contributed by atoms with E-state index < -0.39 is 17.8 Å². The summed E-state index contributed by atoms with van der Waals surface area (Å²) in [7, 11) is 0. The molecule has 1 aromatic rings. The van der Waals surface area contributed by atoms with Gasteiger partial charge < -0.3 is 4.84 Å². The van der Waals surface area contributed by atoms with Gasteiger partial charge in [0.1, 0.15) is 0 Å². The SMILES string of the molecule is C[C@@]1(c2ccccc2)C[C@H]1C(=O)ON1C(=O)CCC1=O. The summed E-state index contributed by atoms with van der Waals surface area (Å²) in [5.74, 6) is -1.68. The van der Waals surface area contributed by atoms with E-state index in [1.165, 1.54) is 0 Å². The Hall–Kier alpha value is -2.17. The van der Waals surface area contributed by atoms with Crippen molar-refractivity contribution in [3.8, 4) is 0 Å². The molecule has 1 heterocycles. The fraction of sp³-hybridized carbons (Fsp3) is 0.400. The van der Waals surface area contributed by atoms with Crippen LogP contribution in [0.3, 0.4) is 0 Å². The van der Waals surface area contributed by atoms with E-state index in [-0.39, 0.29) is 24.2 Å². The molecule has 0 spiro atoms. The van der Waals surface area contributed by atoms with Gasteiger partial charge in [-0.15, -0.1) is 5.06 Å². The number of hydrogen-bond donors (Lipinski definition) is 0.